The molecule has 0 saturated carbocycles. The van der Waals surface area contributed by atoms with Gasteiger partial charge in [-0.3, -0.25) is 0 Å². The van der Waals surface area contributed by atoms with Gasteiger partial charge in [0.1, 0.15) is 5.69 Å². The molecular formula is C15H14N2O2. The van der Waals surface area contributed by atoms with E-state index in [9.17, 15) is 10.1 Å². The SMILES string of the molecule is CC1(Cc2ccccc2)N([O-])c2ccccc2[N+]1=O. The third kappa shape index (κ3) is 1.72. The Labute approximate surface area is 111 Å². The topological polar surface area (TPSA) is 46.4 Å². The van der Waals surface area contributed by atoms with Gasteiger partial charge in [0.2, 0.25) is 0 Å². The zero-order valence-electron chi connectivity index (χ0n) is 10.6. The molecule has 1 aliphatic rings. The predicted molar refractivity (Wildman–Crippen MR) is 74.1 cm³/mol. The number of hydrogen-bond acceptors (Lipinski definition) is 3. The van der Waals surface area contributed by atoms with Crippen LogP contribution in [-0.2, 0) is 6.42 Å². The van der Waals surface area contributed by atoms with Crippen molar-refractivity contribution in [2.45, 2.75) is 19.0 Å². The molecule has 1 heterocycles. The largest absolute Gasteiger partial charge is 0.753 e. The summed E-state index contributed by atoms with van der Waals surface area (Å²) in [4.78, 5) is 12.4. The molecular weight excluding hydrogens is 240 g/mol. The molecule has 0 amide bonds. The summed E-state index contributed by atoms with van der Waals surface area (Å²) < 4.78 is 0.822. The van der Waals surface area contributed by atoms with Crippen molar-refractivity contribution in [2.75, 3.05) is 5.06 Å². The number of nitroso groups, excluding NO2 is 1. The molecule has 4 heteroatoms. The molecule has 0 spiro atoms. The summed E-state index contributed by atoms with van der Waals surface area (Å²) in [7, 11) is 0. The van der Waals surface area contributed by atoms with Gasteiger partial charge in [0, 0.05) is 17.9 Å². The quantitative estimate of drug-likeness (QED) is 0.772. The van der Waals surface area contributed by atoms with Gasteiger partial charge >= 0.3 is 0 Å². The number of hydrogen-bond donors (Lipinski definition) is 0. The minimum atomic E-state index is -1.12. The molecule has 96 valence electrons. The van der Waals surface area contributed by atoms with E-state index in [4.69, 9.17) is 0 Å². The van der Waals surface area contributed by atoms with Crippen LogP contribution in [0, 0.1) is 10.1 Å². The van der Waals surface area contributed by atoms with Gasteiger partial charge in [0.25, 0.3) is 11.4 Å². The Bertz CT molecular complexity index is 627. The van der Waals surface area contributed by atoms with Crippen LogP contribution in [0.25, 0.3) is 0 Å². The molecule has 1 atom stereocenters. The summed E-state index contributed by atoms with van der Waals surface area (Å²) in [6.07, 6.45) is 0.384. The molecule has 0 N–H and O–H groups in total. The number of para-hydroxylation sites is 2. The number of nitrogens with zero attached hydrogens (tertiary/aromatic N) is 2. The Morgan fingerprint density at radius 1 is 1.11 bits per heavy atom. The molecule has 4 nitrogen and oxygen atoms in total. The second-order valence-corrected chi connectivity index (χ2v) is 4.96. The van der Waals surface area contributed by atoms with Gasteiger partial charge in [0.05, 0.1) is 11.2 Å². The average Bonchev–Trinajstić information content (AvgIpc) is 2.63. The summed E-state index contributed by atoms with van der Waals surface area (Å²) in [6, 6.07) is 16.5. The first-order valence-electron chi connectivity index (χ1n) is 6.20. The molecule has 19 heavy (non-hydrogen) atoms. The van der Waals surface area contributed by atoms with E-state index in [0.717, 1.165) is 15.4 Å². The lowest BCUT2D eigenvalue weighted by Gasteiger charge is -2.33. The number of benzene rings is 2. The lowest BCUT2D eigenvalue weighted by molar-refractivity contribution is -0.537. The second kappa shape index (κ2) is 4.17. The van der Waals surface area contributed by atoms with Crippen molar-refractivity contribution in [2.24, 2.45) is 0 Å². The Balaban J connectivity index is 2.00. The van der Waals surface area contributed by atoms with E-state index < -0.39 is 5.66 Å². The van der Waals surface area contributed by atoms with Crippen molar-refractivity contribution in [3.63, 3.8) is 0 Å². The predicted octanol–water partition coefficient (Wildman–Crippen LogP) is 3.37. The molecule has 1 unspecified atom stereocenters. The lowest BCUT2D eigenvalue weighted by atomic mass is 10.0. The Morgan fingerprint density at radius 2 is 1.74 bits per heavy atom. The van der Waals surface area contributed by atoms with Crippen LogP contribution in [0.2, 0.25) is 0 Å². The average molecular weight is 254 g/mol. The Kier molecular flexibility index (Phi) is 2.61. The minimum absolute atomic E-state index is 0.384. The Hall–Kier alpha value is -2.20. The standard InChI is InChI=1S/C15H14N2O2/c1-15(11-12-7-3-2-4-8-12)16(18)13-9-5-6-10-14(13)17(15)19/h2-10H,11H2,1H3. The maximum Gasteiger partial charge on any atom is 0.284 e. The van der Waals surface area contributed by atoms with Gasteiger partial charge in [-0.2, -0.15) is 0 Å². The van der Waals surface area contributed by atoms with Crippen LogP contribution in [0.4, 0.5) is 11.4 Å². The van der Waals surface area contributed by atoms with Gasteiger partial charge in [-0.25, -0.2) is 0 Å². The van der Waals surface area contributed by atoms with Gasteiger partial charge in [-0.15, -0.1) is 0 Å². The summed E-state index contributed by atoms with van der Waals surface area (Å²) in [5.41, 5.74) is 0.733. The van der Waals surface area contributed by atoms with Crippen molar-refractivity contribution in [1.82, 2.24) is 0 Å². The highest BCUT2D eigenvalue weighted by molar-refractivity contribution is 5.68. The third-order valence-electron chi connectivity index (χ3n) is 3.58. The molecule has 3 rings (SSSR count). The molecule has 0 bridgehead atoms. The molecule has 0 aromatic heterocycles. The Morgan fingerprint density at radius 3 is 2.42 bits per heavy atom. The first-order valence-corrected chi connectivity index (χ1v) is 6.20. The summed E-state index contributed by atoms with van der Waals surface area (Å²) in [5.74, 6) is 0. The van der Waals surface area contributed by atoms with Gasteiger partial charge in [-0.1, -0.05) is 42.5 Å². The number of rotatable bonds is 2. The lowest BCUT2D eigenvalue weighted by Crippen LogP contribution is -2.47. The molecule has 0 fully saturated rings. The van der Waals surface area contributed by atoms with Gasteiger partial charge in [-0.05, 0) is 11.6 Å². The van der Waals surface area contributed by atoms with E-state index in [1.165, 1.54) is 0 Å². The van der Waals surface area contributed by atoms with E-state index in [0.29, 0.717) is 17.8 Å². The van der Waals surface area contributed by atoms with Gasteiger partial charge in [0.15, 0.2) is 0 Å². The van der Waals surface area contributed by atoms with E-state index in [2.05, 4.69) is 0 Å². The van der Waals surface area contributed by atoms with Gasteiger partial charge < -0.3 is 10.3 Å². The second-order valence-electron chi connectivity index (χ2n) is 4.96. The summed E-state index contributed by atoms with van der Waals surface area (Å²) in [6.45, 7) is 1.68. The van der Waals surface area contributed by atoms with Crippen LogP contribution >= 0.6 is 0 Å². The van der Waals surface area contributed by atoms with E-state index in [1.54, 1.807) is 31.2 Å². The van der Waals surface area contributed by atoms with Crippen LogP contribution in [0.3, 0.4) is 0 Å². The first kappa shape index (κ1) is 11.9. The summed E-state index contributed by atoms with van der Waals surface area (Å²) in [5, 5.41) is 13.2. The van der Waals surface area contributed by atoms with Crippen LogP contribution in [-0.4, -0.2) is 10.4 Å². The number of hydroxylamine groups is 1. The highest BCUT2D eigenvalue weighted by atomic mass is 16.5. The van der Waals surface area contributed by atoms with Crippen molar-refractivity contribution in [1.29, 1.82) is 0 Å². The third-order valence-corrected chi connectivity index (χ3v) is 3.58. The van der Waals surface area contributed by atoms with Crippen LogP contribution in [0.1, 0.15) is 12.5 Å². The highest BCUT2D eigenvalue weighted by Crippen LogP contribution is 2.43. The van der Waals surface area contributed by atoms with Crippen molar-refractivity contribution < 1.29 is 4.76 Å². The van der Waals surface area contributed by atoms with E-state index in [1.807, 2.05) is 30.3 Å². The van der Waals surface area contributed by atoms with E-state index in [-0.39, 0.29) is 0 Å². The fourth-order valence-corrected chi connectivity index (χ4v) is 2.54. The zero-order valence-corrected chi connectivity index (χ0v) is 10.6. The molecule has 0 radical (unpaired) electrons. The molecule has 2 aromatic carbocycles. The molecule has 1 aliphatic heterocycles. The fourth-order valence-electron chi connectivity index (χ4n) is 2.54. The smallest absolute Gasteiger partial charge is 0.284 e. The monoisotopic (exact) mass is 254 g/mol. The van der Waals surface area contributed by atoms with Crippen LogP contribution in [0.15, 0.2) is 54.6 Å². The molecule has 0 saturated heterocycles. The summed E-state index contributed by atoms with van der Waals surface area (Å²) >= 11 is 0. The molecule has 2 aromatic rings. The maximum absolute atomic E-state index is 12.4. The van der Waals surface area contributed by atoms with Crippen LogP contribution in [0.5, 0.6) is 0 Å². The number of anilines is 1. The van der Waals surface area contributed by atoms with Crippen molar-refractivity contribution in [3.05, 3.63) is 70.3 Å². The fraction of sp³-hybridized carbons (Fsp3) is 0.200. The van der Waals surface area contributed by atoms with Crippen LogP contribution < -0.4 is 5.06 Å². The first-order chi connectivity index (χ1) is 9.13. The maximum atomic E-state index is 12.4. The number of fused-ring (bicyclic) bond motifs is 1. The molecule has 0 aliphatic carbocycles. The van der Waals surface area contributed by atoms with Crippen molar-refractivity contribution in [3.8, 4) is 0 Å². The van der Waals surface area contributed by atoms with E-state index >= 15 is 0 Å². The normalized spacial score (nSPS) is 21.6. The zero-order chi connectivity index (χ0) is 13.5. The van der Waals surface area contributed by atoms with Crippen molar-refractivity contribution >= 4 is 11.4 Å². The minimum Gasteiger partial charge on any atom is -0.753 e. The highest BCUT2D eigenvalue weighted by Gasteiger charge is 2.51.